The molecule has 0 aliphatic carbocycles. The van der Waals surface area contributed by atoms with Crippen molar-refractivity contribution in [3.8, 4) is 0 Å². The molecule has 4 heteroatoms. The summed E-state index contributed by atoms with van der Waals surface area (Å²) in [6, 6.07) is 13.5. The third kappa shape index (κ3) is 3.11. The predicted octanol–water partition coefficient (Wildman–Crippen LogP) is 4.19. The summed E-state index contributed by atoms with van der Waals surface area (Å²) < 4.78 is 13.4. The second-order valence-corrected chi connectivity index (χ2v) is 5.17. The first-order chi connectivity index (χ1) is 9.59. The van der Waals surface area contributed by atoms with Gasteiger partial charge in [0.2, 0.25) is 0 Å². The van der Waals surface area contributed by atoms with Crippen LogP contribution in [0.2, 0.25) is 5.02 Å². The second-order valence-electron chi connectivity index (χ2n) is 4.74. The summed E-state index contributed by atoms with van der Waals surface area (Å²) in [5.74, 6) is -0.313. The van der Waals surface area contributed by atoms with Gasteiger partial charge < -0.3 is 10.4 Å². The molecule has 2 aromatic carbocycles. The number of halogens is 2. The van der Waals surface area contributed by atoms with Gasteiger partial charge in [-0.2, -0.15) is 0 Å². The SMILES string of the molecule is CCC(CO)(Nc1ccc(Cl)cc1)c1cccc(F)c1. The molecule has 0 amide bonds. The number of benzene rings is 2. The number of nitrogens with one attached hydrogen (secondary N) is 1. The molecule has 0 saturated heterocycles. The highest BCUT2D eigenvalue weighted by atomic mass is 35.5. The van der Waals surface area contributed by atoms with E-state index in [1.807, 2.05) is 25.1 Å². The Morgan fingerprint density at radius 1 is 1.20 bits per heavy atom. The van der Waals surface area contributed by atoms with Crippen molar-refractivity contribution in [3.63, 3.8) is 0 Å². The van der Waals surface area contributed by atoms with Crippen LogP contribution in [-0.4, -0.2) is 11.7 Å². The molecule has 0 radical (unpaired) electrons. The molecule has 0 spiro atoms. The van der Waals surface area contributed by atoms with Crippen LogP contribution in [-0.2, 0) is 5.54 Å². The molecule has 0 heterocycles. The smallest absolute Gasteiger partial charge is 0.123 e. The van der Waals surface area contributed by atoms with Gasteiger partial charge in [0.25, 0.3) is 0 Å². The fraction of sp³-hybridized carbons (Fsp3) is 0.250. The van der Waals surface area contributed by atoms with Crippen molar-refractivity contribution >= 4 is 17.3 Å². The first kappa shape index (κ1) is 14.8. The van der Waals surface area contributed by atoms with E-state index in [0.717, 1.165) is 11.3 Å². The van der Waals surface area contributed by atoms with Crippen LogP contribution in [0.25, 0.3) is 0 Å². The summed E-state index contributed by atoms with van der Waals surface area (Å²) in [7, 11) is 0. The van der Waals surface area contributed by atoms with Crippen molar-refractivity contribution in [2.24, 2.45) is 0 Å². The maximum absolute atomic E-state index is 13.4. The lowest BCUT2D eigenvalue weighted by molar-refractivity contribution is 0.207. The van der Waals surface area contributed by atoms with Crippen molar-refractivity contribution in [3.05, 3.63) is 64.9 Å². The van der Waals surface area contributed by atoms with Gasteiger partial charge in [0.15, 0.2) is 0 Å². The Kier molecular flexibility index (Phi) is 4.63. The molecule has 0 aliphatic rings. The van der Waals surface area contributed by atoms with Crippen LogP contribution >= 0.6 is 11.6 Å². The van der Waals surface area contributed by atoms with Gasteiger partial charge in [-0.25, -0.2) is 4.39 Å². The highest BCUT2D eigenvalue weighted by Gasteiger charge is 2.29. The van der Waals surface area contributed by atoms with Crippen molar-refractivity contribution < 1.29 is 9.50 Å². The highest BCUT2D eigenvalue weighted by molar-refractivity contribution is 6.30. The van der Waals surface area contributed by atoms with Crippen LogP contribution < -0.4 is 5.32 Å². The maximum atomic E-state index is 13.4. The molecule has 0 aliphatic heterocycles. The van der Waals surface area contributed by atoms with Gasteiger partial charge in [-0.3, -0.25) is 0 Å². The number of hydrogen-bond donors (Lipinski definition) is 2. The molecule has 2 N–H and O–H groups in total. The van der Waals surface area contributed by atoms with Crippen LogP contribution in [0.15, 0.2) is 48.5 Å². The van der Waals surface area contributed by atoms with Gasteiger partial charge in [0.05, 0.1) is 12.1 Å². The van der Waals surface area contributed by atoms with E-state index in [9.17, 15) is 9.50 Å². The Morgan fingerprint density at radius 3 is 2.45 bits per heavy atom. The number of aliphatic hydroxyl groups is 1. The van der Waals surface area contributed by atoms with Gasteiger partial charge >= 0.3 is 0 Å². The fourth-order valence-corrected chi connectivity index (χ4v) is 2.33. The summed E-state index contributed by atoms with van der Waals surface area (Å²) >= 11 is 5.86. The van der Waals surface area contributed by atoms with Crippen molar-refractivity contribution in [2.45, 2.75) is 18.9 Å². The van der Waals surface area contributed by atoms with Crippen LogP contribution in [0.1, 0.15) is 18.9 Å². The minimum absolute atomic E-state index is 0.129. The monoisotopic (exact) mass is 293 g/mol. The van der Waals surface area contributed by atoms with E-state index in [1.165, 1.54) is 12.1 Å². The highest BCUT2D eigenvalue weighted by Crippen LogP contribution is 2.30. The van der Waals surface area contributed by atoms with E-state index < -0.39 is 5.54 Å². The maximum Gasteiger partial charge on any atom is 0.123 e. The van der Waals surface area contributed by atoms with Crippen LogP contribution in [0, 0.1) is 5.82 Å². The molecular weight excluding hydrogens is 277 g/mol. The topological polar surface area (TPSA) is 32.3 Å². The summed E-state index contributed by atoms with van der Waals surface area (Å²) in [6.07, 6.45) is 0.621. The Balaban J connectivity index is 2.36. The van der Waals surface area contributed by atoms with E-state index in [1.54, 1.807) is 18.2 Å². The normalized spacial score (nSPS) is 13.8. The zero-order valence-corrected chi connectivity index (χ0v) is 12.0. The van der Waals surface area contributed by atoms with E-state index in [2.05, 4.69) is 5.32 Å². The molecule has 0 saturated carbocycles. The van der Waals surface area contributed by atoms with Gasteiger partial charge in [-0.05, 0) is 48.4 Å². The Morgan fingerprint density at radius 2 is 1.90 bits per heavy atom. The molecule has 0 bridgehead atoms. The van der Waals surface area contributed by atoms with Crippen molar-refractivity contribution in [2.75, 3.05) is 11.9 Å². The molecule has 2 rings (SSSR count). The third-order valence-corrected chi connectivity index (χ3v) is 3.73. The summed E-state index contributed by atoms with van der Waals surface area (Å²) in [4.78, 5) is 0. The van der Waals surface area contributed by atoms with E-state index in [4.69, 9.17) is 11.6 Å². The van der Waals surface area contributed by atoms with Crippen LogP contribution in [0.5, 0.6) is 0 Å². The zero-order chi connectivity index (χ0) is 14.6. The lowest BCUT2D eigenvalue weighted by Gasteiger charge is -2.33. The van der Waals surface area contributed by atoms with Crippen LogP contribution in [0.3, 0.4) is 0 Å². The van der Waals surface area contributed by atoms with Gasteiger partial charge in [0.1, 0.15) is 5.82 Å². The minimum atomic E-state index is -0.712. The average Bonchev–Trinajstić information content (AvgIpc) is 2.47. The zero-order valence-electron chi connectivity index (χ0n) is 11.2. The summed E-state index contributed by atoms with van der Waals surface area (Å²) in [5.41, 5.74) is 0.836. The Hall–Kier alpha value is -1.58. The molecule has 1 atom stereocenters. The predicted molar refractivity (Wildman–Crippen MR) is 80.5 cm³/mol. The Labute approximate surface area is 123 Å². The van der Waals surface area contributed by atoms with E-state index >= 15 is 0 Å². The standard InChI is InChI=1S/C16H17ClFNO/c1-2-16(11-20,12-4-3-5-14(18)10-12)19-15-8-6-13(17)7-9-15/h3-10,19-20H,2,11H2,1H3. The third-order valence-electron chi connectivity index (χ3n) is 3.48. The quantitative estimate of drug-likeness (QED) is 0.866. The largest absolute Gasteiger partial charge is 0.394 e. The lowest BCUT2D eigenvalue weighted by atomic mass is 9.87. The van der Waals surface area contributed by atoms with Gasteiger partial charge in [0, 0.05) is 10.7 Å². The average molecular weight is 294 g/mol. The first-order valence-electron chi connectivity index (χ1n) is 6.50. The number of anilines is 1. The second kappa shape index (κ2) is 6.25. The summed E-state index contributed by atoms with van der Waals surface area (Å²) in [5, 5.41) is 13.8. The number of aliphatic hydroxyl groups excluding tert-OH is 1. The molecule has 0 aromatic heterocycles. The minimum Gasteiger partial charge on any atom is -0.394 e. The first-order valence-corrected chi connectivity index (χ1v) is 6.88. The molecule has 20 heavy (non-hydrogen) atoms. The summed E-state index contributed by atoms with van der Waals surface area (Å²) in [6.45, 7) is 1.82. The molecule has 1 unspecified atom stereocenters. The number of hydrogen-bond acceptors (Lipinski definition) is 2. The molecular formula is C16H17ClFNO. The molecule has 2 aromatic rings. The van der Waals surface area contributed by atoms with Crippen molar-refractivity contribution in [1.82, 2.24) is 0 Å². The molecule has 2 nitrogen and oxygen atoms in total. The van der Waals surface area contributed by atoms with Gasteiger partial charge in [-0.15, -0.1) is 0 Å². The Bertz CT molecular complexity index is 567. The van der Waals surface area contributed by atoms with E-state index in [0.29, 0.717) is 11.4 Å². The molecule has 106 valence electrons. The number of rotatable bonds is 5. The van der Waals surface area contributed by atoms with Gasteiger partial charge in [-0.1, -0.05) is 30.7 Å². The fourth-order valence-electron chi connectivity index (χ4n) is 2.20. The van der Waals surface area contributed by atoms with Crippen LogP contribution in [0.4, 0.5) is 10.1 Å². The lowest BCUT2D eigenvalue weighted by Crippen LogP contribution is -2.38. The van der Waals surface area contributed by atoms with Crippen molar-refractivity contribution in [1.29, 1.82) is 0 Å². The molecule has 0 fully saturated rings. The van der Waals surface area contributed by atoms with E-state index in [-0.39, 0.29) is 12.4 Å².